The zero-order valence-corrected chi connectivity index (χ0v) is 9.46. The molecule has 2 atom stereocenters. The van der Waals surface area contributed by atoms with Gasteiger partial charge in [-0.25, -0.2) is 4.79 Å². The van der Waals surface area contributed by atoms with Gasteiger partial charge in [0.15, 0.2) is 6.10 Å². The van der Waals surface area contributed by atoms with E-state index in [1.54, 1.807) is 0 Å². The second-order valence-corrected chi connectivity index (χ2v) is 4.77. The maximum Gasteiger partial charge on any atom is 0.332 e. The Morgan fingerprint density at radius 2 is 1.88 bits per heavy atom. The summed E-state index contributed by atoms with van der Waals surface area (Å²) in [6.45, 7) is 0.535. The van der Waals surface area contributed by atoms with E-state index >= 15 is 0 Å². The number of ether oxygens (including phenoxy) is 1. The van der Waals surface area contributed by atoms with Crippen molar-refractivity contribution in [2.45, 2.75) is 44.0 Å². The summed E-state index contributed by atoms with van der Waals surface area (Å²) < 4.78 is 5.13. The third-order valence-corrected chi connectivity index (χ3v) is 3.36. The van der Waals surface area contributed by atoms with Crippen LogP contribution >= 0.6 is 0 Å². The smallest absolute Gasteiger partial charge is 0.332 e. The molecule has 0 radical (unpaired) electrons. The molecule has 1 amide bonds. The minimum Gasteiger partial charge on any atom is -0.479 e. The lowest BCUT2D eigenvalue weighted by molar-refractivity contribution is -0.151. The molecule has 1 saturated heterocycles. The molecule has 1 saturated carbocycles. The minimum absolute atomic E-state index is 0.226. The third kappa shape index (κ3) is 2.95. The van der Waals surface area contributed by atoms with Crippen molar-refractivity contribution >= 4 is 11.9 Å². The molecular formula is C11H17NO5. The maximum absolute atomic E-state index is 11.6. The largest absolute Gasteiger partial charge is 0.479 e. The van der Waals surface area contributed by atoms with E-state index < -0.39 is 18.2 Å². The molecule has 0 aromatic carbocycles. The average molecular weight is 243 g/mol. The van der Waals surface area contributed by atoms with Crippen molar-refractivity contribution in [2.24, 2.45) is 5.92 Å². The minimum atomic E-state index is -1.01. The topological polar surface area (TPSA) is 95.9 Å². The predicted molar refractivity (Wildman–Crippen MR) is 57.3 cm³/mol. The summed E-state index contributed by atoms with van der Waals surface area (Å²) in [6.07, 6.45) is 0.576. The predicted octanol–water partition coefficient (Wildman–Crippen LogP) is -0.494. The number of nitrogens with one attached hydrogen (secondary N) is 1. The molecule has 0 aromatic rings. The van der Waals surface area contributed by atoms with Gasteiger partial charge in [0.25, 0.3) is 0 Å². The summed E-state index contributed by atoms with van der Waals surface area (Å²) in [5.74, 6) is -0.914. The Morgan fingerprint density at radius 3 is 2.41 bits per heavy atom. The van der Waals surface area contributed by atoms with Crippen LogP contribution in [0, 0.1) is 5.92 Å². The zero-order chi connectivity index (χ0) is 12.4. The number of carbonyl (C=O) groups is 2. The van der Waals surface area contributed by atoms with Gasteiger partial charge in [0, 0.05) is 6.54 Å². The standard InChI is InChI=1S/C11H17NO5/c13-7-3-6(4-7)5-12-10(14)8-1-2-9(17-8)11(15)16/h6-9,13H,1-5H2,(H,12,14)(H,15,16). The van der Waals surface area contributed by atoms with Gasteiger partial charge in [0.2, 0.25) is 5.91 Å². The van der Waals surface area contributed by atoms with Gasteiger partial charge in [0.1, 0.15) is 6.10 Å². The molecule has 2 unspecified atom stereocenters. The van der Waals surface area contributed by atoms with Crippen LogP contribution in [0.1, 0.15) is 25.7 Å². The van der Waals surface area contributed by atoms with Crippen molar-refractivity contribution in [1.82, 2.24) is 5.32 Å². The Bertz CT molecular complexity index is 313. The molecule has 2 aliphatic rings. The molecule has 6 nitrogen and oxygen atoms in total. The molecule has 1 aliphatic carbocycles. The van der Waals surface area contributed by atoms with Gasteiger partial charge in [-0.3, -0.25) is 4.79 Å². The molecule has 0 spiro atoms. The first-order valence-corrected chi connectivity index (χ1v) is 5.90. The lowest BCUT2D eigenvalue weighted by atomic mass is 9.82. The van der Waals surface area contributed by atoms with E-state index in [1.165, 1.54) is 0 Å². The van der Waals surface area contributed by atoms with Crippen molar-refractivity contribution in [3.63, 3.8) is 0 Å². The second-order valence-electron chi connectivity index (χ2n) is 4.77. The average Bonchev–Trinajstić information content (AvgIpc) is 2.71. The van der Waals surface area contributed by atoms with Gasteiger partial charge in [-0.05, 0) is 31.6 Å². The summed E-state index contributed by atoms with van der Waals surface area (Å²) >= 11 is 0. The normalized spacial score (nSPS) is 36.3. The first-order valence-electron chi connectivity index (χ1n) is 5.90. The highest BCUT2D eigenvalue weighted by Crippen LogP contribution is 2.26. The van der Waals surface area contributed by atoms with E-state index in [2.05, 4.69) is 5.32 Å². The fraction of sp³-hybridized carbons (Fsp3) is 0.818. The molecule has 96 valence electrons. The third-order valence-electron chi connectivity index (χ3n) is 3.36. The first kappa shape index (κ1) is 12.3. The molecule has 2 rings (SSSR count). The van der Waals surface area contributed by atoms with Crippen LogP contribution in [0.4, 0.5) is 0 Å². The number of amides is 1. The highest BCUT2D eigenvalue weighted by molar-refractivity contribution is 5.82. The lowest BCUT2D eigenvalue weighted by Gasteiger charge is -2.31. The van der Waals surface area contributed by atoms with E-state index in [0.717, 1.165) is 12.8 Å². The second kappa shape index (κ2) is 5.01. The van der Waals surface area contributed by atoms with Crippen LogP contribution in [0.5, 0.6) is 0 Å². The monoisotopic (exact) mass is 243 g/mol. The van der Waals surface area contributed by atoms with Crippen LogP contribution in [0.25, 0.3) is 0 Å². The van der Waals surface area contributed by atoms with E-state index in [0.29, 0.717) is 25.3 Å². The molecule has 1 aliphatic heterocycles. The van der Waals surface area contributed by atoms with E-state index in [1.807, 2.05) is 0 Å². The van der Waals surface area contributed by atoms with Gasteiger partial charge in [0.05, 0.1) is 6.10 Å². The molecule has 0 bridgehead atoms. The number of carbonyl (C=O) groups excluding carboxylic acids is 1. The fourth-order valence-corrected chi connectivity index (χ4v) is 2.24. The van der Waals surface area contributed by atoms with Crippen LogP contribution in [0.2, 0.25) is 0 Å². The summed E-state index contributed by atoms with van der Waals surface area (Å²) in [5, 5.41) is 20.5. The number of hydrogen-bond donors (Lipinski definition) is 3. The Morgan fingerprint density at radius 1 is 1.24 bits per heavy atom. The van der Waals surface area contributed by atoms with Crippen molar-refractivity contribution in [3.05, 3.63) is 0 Å². The van der Waals surface area contributed by atoms with Gasteiger partial charge >= 0.3 is 5.97 Å². The van der Waals surface area contributed by atoms with Crippen LogP contribution in [-0.4, -0.2) is 46.9 Å². The molecule has 17 heavy (non-hydrogen) atoms. The van der Waals surface area contributed by atoms with E-state index in [-0.39, 0.29) is 12.0 Å². The van der Waals surface area contributed by atoms with E-state index in [9.17, 15) is 9.59 Å². The van der Waals surface area contributed by atoms with Gasteiger partial charge in [-0.1, -0.05) is 0 Å². The van der Waals surface area contributed by atoms with Crippen molar-refractivity contribution in [1.29, 1.82) is 0 Å². The van der Waals surface area contributed by atoms with Crippen LogP contribution in [-0.2, 0) is 14.3 Å². The SMILES string of the molecule is O=C(O)C1CCC(C(=O)NCC2CC(O)C2)O1. The van der Waals surface area contributed by atoms with Crippen molar-refractivity contribution < 1.29 is 24.5 Å². The van der Waals surface area contributed by atoms with Crippen LogP contribution in [0.3, 0.4) is 0 Å². The highest BCUT2D eigenvalue weighted by atomic mass is 16.5. The number of carboxylic acids is 1. The molecule has 3 N–H and O–H groups in total. The Balaban J connectivity index is 1.68. The molecule has 0 aromatic heterocycles. The molecule has 6 heteroatoms. The van der Waals surface area contributed by atoms with Gasteiger partial charge in [-0.2, -0.15) is 0 Å². The molecule has 1 heterocycles. The molecule has 2 fully saturated rings. The van der Waals surface area contributed by atoms with Crippen molar-refractivity contribution in [3.8, 4) is 0 Å². The van der Waals surface area contributed by atoms with Crippen LogP contribution < -0.4 is 5.32 Å². The number of hydrogen-bond acceptors (Lipinski definition) is 4. The fourth-order valence-electron chi connectivity index (χ4n) is 2.24. The Hall–Kier alpha value is -1.14. The van der Waals surface area contributed by atoms with E-state index in [4.69, 9.17) is 14.9 Å². The maximum atomic E-state index is 11.6. The summed E-state index contributed by atoms with van der Waals surface area (Å²) in [5.41, 5.74) is 0. The van der Waals surface area contributed by atoms with Crippen LogP contribution in [0.15, 0.2) is 0 Å². The summed E-state index contributed by atoms with van der Waals surface area (Å²) in [4.78, 5) is 22.3. The zero-order valence-electron chi connectivity index (χ0n) is 9.46. The number of aliphatic carboxylic acids is 1. The van der Waals surface area contributed by atoms with Gasteiger partial charge in [-0.15, -0.1) is 0 Å². The summed E-state index contributed by atoms with van der Waals surface area (Å²) in [6, 6.07) is 0. The Kier molecular flexibility index (Phi) is 3.63. The molecular weight excluding hydrogens is 226 g/mol. The number of carboxylic acid groups (broad SMARTS) is 1. The highest BCUT2D eigenvalue weighted by Gasteiger charge is 2.35. The first-order chi connectivity index (χ1) is 8.06. The number of aliphatic hydroxyl groups excluding tert-OH is 1. The number of rotatable bonds is 4. The van der Waals surface area contributed by atoms with Gasteiger partial charge < -0.3 is 20.3 Å². The number of aliphatic hydroxyl groups is 1. The summed E-state index contributed by atoms with van der Waals surface area (Å²) in [7, 11) is 0. The quantitative estimate of drug-likeness (QED) is 0.619. The van der Waals surface area contributed by atoms with Crippen molar-refractivity contribution in [2.75, 3.05) is 6.54 Å². The Labute approximate surface area is 99.0 Å². The lowest BCUT2D eigenvalue weighted by Crippen LogP contribution is -2.42.